The van der Waals surface area contributed by atoms with E-state index in [1.165, 1.54) is 0 Å². The molecule has 0 saturated carbocycles. The molecule has 0 radical (unpaired) electrons. The van der Waals surface area contributed by atoms with E-state index in [0.29, 0.717) is 46.2 Å². The van der Waals surface area contributed by atoms with Crippen LogP contribution in [0, 0.1) is 69.8 Å². The van der Waals surface area contributed by atoms with Crippen LogP contribution in [0.2, 0.25) is 0 Å². The van der Waals surface area contributed by atoms with E-state index in [1.807, 2.05) is 0 Å². The third-order valence-electron chi connectivity index (χ3n) is 12.6. The van der Waals surface area contributed by atoms with Gasteiger partial charge in [0.15, 0.2) is 86.6 Å². The fourth-order valence-corrected chi connectivity index (χ4v) is 8.95. The van der Waals surface area contributed by atoms with Crippen molar-refractivity contribution < 1.29 is 71.7 Å². The molecule has 2 aliphatic rings. The number of hydrogen-bond donors (Lipinski definition) is 1. The van der Waals surface area contributed by atoms with E-state index in [0.717, 1.165) is 35.1 Å². The molecule has 11 aromatic rings. The molecular weight excluding hydrogens is 1080 g/mol. The van der Waals surface area contributed by atoms with Crippen LogP contribution in [0.15, 0.2) is 127 Å². The summed E-state index contributed by atoms with van der Waals surface area (Å²) in [5.74, 6) is -31.2. The molecule has 12 nitrogen and oxygen atoms in total. The van der Waals surface area contributed by atoms with Gasteiger partial charge in [-0.1, -0.05) is 72.8 Å². The Hall–Kier alpha value is -10.5. The van der Waals surface area contributed by atoms with Crippen molar-refractivity contribution in [2.75, 3.05) is 0 Å². The molecule has 80 heavy (non-hydrogen) atoms. The summed E-state index contributed by atoms with van der Waals surface area (Å²) in [7, 11) is 0. The largest absolute Gasteiger partial charge is 0.449 e. The number of H-pyrrole nitrogens is 1. The van der Waals surface area contributed by atoms with Gasteiger partial charge in [-0.3, -0.25) is 0 Å². The molecule has 24 heteroatoms. The van der Waals surface area contributed by atoms with E-state index in [-0.39, 0.29) is 56.8 Å². The molecule has 0 aliphatic carbocycles. The molecule has 394 valence electrons. The minimum absolute atomic E-state index is 0.0203. The van der Waals surface area contributed by atoms with E-state index in [9.17, 15) is 30.7 Å². The number of nitrogens with zero attached hydrogens (tertiary/aromatic N) is 7. The van der Waals surface area contributed by atoms with Gasteiger partial charge in [0.1, 0.15) is 22.9 Å². The molecule has 8 aromatic carbocycles. The van der Waals surface area contributed by atoms with Crippen molar-refractivity contribution in [2.45, 2.75) is 0 Å². The molecular formula is C56H22F12N8O4. The van der Waals surface area contributed by atoms with Crippen molar-refractivity contribution in [1.29, 1.82) is 0 Å². The predicted molar refractivity (Wildman–Crippen MR) is 261 cm³/mol. The minimum atomic E-state index is -2.59. The second-order valence-corrected chi connectivity index (χ2v) is 17.4. The normalized spacial score (nSPS) is 11.8. The molecule has 2 aliphatic heterocycles. The van der Waals surface area contributed by atoms with Crippen LogP contribution < -0.4 is 19.0 Å². The lowest BCUT2D eigenvalue weighted by Gasteiger charge is -2.19. The van der Waals surface area contributed by atoms with Crippen LogP contribution in [0.1, 0.15) is 0 Å². The van der Waals surface area contributed by atoms with Crippen LogP contribution in [0.5, 0.6) is 40.2 Å². The number of ether oxygens (including phenoxy) is 3. The van der Waals surface area contributed by atoms with Crippen LogP contribution in [-0.4, -0.2) is 39.6 Å². The highest BCUT2D eigenvalue weighted by Crippen LogP contribution is 2.52. The first-order valence-corrected chi connectivity index (χ1v) is 23.2. The lowest BCUT2D eigenvalue weighted by atomic mass is 10.1. The summed E-state index contributed by atoms with van der Waals surface area (Å²) in [6, 6.07) is 25.9. The Morgan fingerprint density at radius 2 is 0.800 bits per heavy atom. The van der Waals surface area contributed by atoms with Gasteiger partial charge in [-0.2, -0.15) is 13.2 Å². The van der Waals surface area contributed by atoms with Crippen LogP contribution in [0.25, 0.3) is 89.7 Å². The lowest BCUT2D eigenvalue weighted by molar-refractivity contribution is 0.225. The molecule has 0 atom stereocenters. The Kier molecular flexibility index (Phi) is 11.4. The maximum atomic E-state index is 15.9. The molecule has 0 fully saturated rings. The van der Waals surface area contributed by atoms with Gasteiger partial charge in [0.25, 0.3) is 0 Å². The van der Waals surface area contributed by atoms with Crippen molar-refractivity contribution >= 4 is 44.1 Å². The van der Waals surface area contributed by atoms with E-state index in [4.69, 9.17) is 49.0 Å². The minimum Gasteiger partial charge on any atom is -0.449 e. The van der Waals surface area contributed by atoms with Crippen molar-refractivity contribution in [3.8, 4) is 85.8 Å². The number of aromatic nitrogens is 8. The maximum absolute atomic E-state index is 15.9. The highest BCUT2D eigenvalue weighted by atomic mass is 19.2. The molecule has 3 aromatic heterocycles. The number of hydrogen-bond acceptors (Lipinski definition) is 10. The van der Waals surface area contributed by atoms with Crippen molar-refractivity contribution in [1.82, 2.24) is 39.6 Å². The first kappa shape index (κ1) is 49.1. The second-order valence-electron chi connectivity index (χ2n) is 17.4. The molecule has 0 spiro atoms. The van der Waals surface area contributed by atoms with Crippen LogP contribution >= 0.6 is 0 Å². The monoisotopic (exact) mass is 1100 g/mol. The number of benzene rings is 8. The Morgan fingerprint density at radius 1 is 0.338 bits per heavy atom. The third-order valence-corrected chi connectivity index (χ3v) is 12.6. The highest BCUT2D eigenvalue weighted by molar-refractivity contribution is 6.11. The van der Waals surface area contributed by atoms with Crippen LogP contribution in [0.3, 0.4) is 0 Å². The summed E-state index contributed by atoms with van der Waals surface area (Å²) >= 11 is 0. The molecule has 8 bridgehead atoms. The van der Waals surface area contributed by atoms with Gasteiger partial charge in [0.05, 0.1) is 5.39 Å². The summed E-state index contributed by atoms with van der Waals surface area (Å²) in [6.45, 7) is 0. The Morgan fingerprint density at radius 3 is 1.35 bits per heavy atom. The molecule has 0 amide bonds. The quantitative estimate of drug-likeness (QED) is 0.0890. The Balaban J connectivity index is 1.21. The fourth-order valence-electron chi connectivity index (χ4n) is 8.95. The summed E-state index contributed by atoms with van der Waals surface area (Å²) in [5.41, 5.74) is 0.376. The summed E-state index contributed by atoms with van der Waals surface area (Å²) in [4.78, 5) is 38.3. The van der Waals surface area contributed by atoms with Crippen LogP contribution in [-0.2, 0) is 0 Å². The first-order chi connectivity index (χ1) is 38.6. The smallest absolute Gasteiger partial charge is 0.213 e. The summed E-state index contributed by atoms with van der Waals surface area (Å²) in [6.07, 6.45) is 0. The zero-order valence-corrected chi connectivity index (χ0v) is 39.4. The SMILES string of the molecule is Fc1ccc(Oc2c(Oc3ccc(F)c(F)c3F)c(Oc3c(F)c(F)c(F)c(F)c3F)cc3c4nc5nc(nc6c7ccccc7c(nc7nc(nc([nH]4)c23)-c2ccccc2-7)n6Oc2ccc(F)cc2F)-c2ccccc2-5)c(F)c1. The predicted octanol–water partition coefficient (Wildman–Crippen LogP) is 15.2. The number of nitrogens with one attached hydrogen (secondary N) is 1. The van der Waals surface area contributed by atoms with E-state index >= 15 is 22.0 Å². The molecule has 1 N–H and O–H groups in total. The molecule has 0 saturated heterocycles. The van der Waals surface area contributed by atoms with Gasteiger partial charge in [0, 0.05) is 50.5 Å². The van der Waals surface area contributed by atoms with E-state index in [2.05, 4.69) is 4.98 Å². The molecule has 0 unspecified atom stereocenters. The zero-order valence-electron chi connectivity index (χ0n) is 39.4. The zero-order chi connectivity index (χ0) is 55.4. The number of aromatic amines is 1. The molecule has 5 heterocycles. The van der Waals surface area contributed by atoms with E-state index < -0.39 is 121 Å². The van der Waals surface area contributed by atoms with Crippen molar-refractivity contribution in [3.05, 3.63) is 197 Å². The third kappa shape index (κ3) is 7.97. The second kappa shape index (κ2) is 18.6. The van der Waals surface area contributed by atoms with Crippen LogP contribution in [0.4, 0.5) is 52.7 Å². The highest BCUT2D eigenvalue weighted by Gasteiger charge is 2.33. The van der Waals surface area contributed by atoms with Gasteiger partial charge in [0.2, 0.25) is 46.4 Å². The van der Waals surface area contributed by atoms with Gasteiger partial charge in [-0.25, -0.2) is 69.4 Å². The molecule has 13 rings (SSSR count). The summed E-state index contributed by atoms with van der Waals surface area (Å²) < 4.78 is 200. The Labute approximate surface area is 437 Å². The van der Waals surface area contributed by atoms with Gasteiger partial charge < -0.3 is 24.0 Å². The summed E-state index contributed by atoms with van der Waals surface area (Å²) in [5, 5.41) is -0.0121. The number of rotatable bonds is 8. The lowest BCUT2D eigenvalue weighted by Crippen LogP contribution is -2.08. The van der Waals surface area contributed by atoms with Crippen molar-refractivity contribution in [3.63, 3.8) is 0 Å². The Bertz CT molecular complexity index is 4660. The fraction of sp³-hybridized carbons (Fsp3) is 0. The topological polar surface area (TPSA) is 135 Å². The van der Waals surface area contributed by atoms with Gasteiger partial charge in [-0.15, -0.1) is 4.73 Å². The van der Waals surface area contributed by atoms with E-state index in [1.54, 1.807) is 72.8 Å². The first-order valence-electron chi connectivity index (χ1n) is 23.2. The van der Waals surface area contributed by atoms with Gasteiger partial charge in [-0.05, 0) is 42.5 Å². The number of halogens is 12. The number of fused-ring (bicyclic) bond motifs is 20. The average Bonchev–Trinajstić information content (AvgIpc) is 4.24. The average molecular weight is 1100 g/mol. The maximum Gasteiger partial charge on any atom is 0.213 e. The van der Waals surface area contributed by atoms with Crippen molar-refractivity contribution in [2.24, 2.45) is 0 Å². The standard InChI is InChI=1S/C56H22F12N8O4/c57-22-13-16-34(32(60)19-22)77-47-38-30(21-37(46(47)78-36-18-15-31(59)39(62)40(36)63)79-48-44(67)42(65)41(64)43(66)45(48)68)53-71-49-24-7-1-3-9-26(24)51(69-49)74-55-28-11-5-6-12-29(28)56(76(55)80-35-17-14-23(58)20-33(35)61)75-52-27-10-4-2-8-25(27)50(70-52)72-54(38)73-53/h1-21H,(H,69,70,71,72,73,74,75). The van der Waals surface area contributed by atoms with Gasteiger partial charge >= 0.3 is 0 Å².